The lowest BCUT2D eigenvalue weighted by molar-refractivity contribution is -0.144. The van der Waals surface area contributed by atoms with E-state index in [4.69, 9.17) is 4.74 Å². The molecule has 0 amide bonds. The lowest BCUT2D eigenvalue weighted by atomic mass is 10.2. The van der Waals surface area contributed by atoms with E-state index >= 15 is 0 Å². The lowest BCUT2D eigenvalue weighted by Gasteiger charge is -2.28. The Kier molecular flexibility index (Phi) is 4.53. The average molecular weight is 393 g/mol. The fraction of sp³-hybridized carbons (Fsp3) is 0.412. The number of halogens is 3. The summed E-state index contributed by atoms with van der Waals surface area (Å²) in [6, 6.07) is 5.32. The summed E-state index contributed by atoms with van der Waals surface area (Å²) in [6.45, 7) is 6.36. The second kappa shape index (κ2) is 6.89. The molecule has 0 aromatic carbocycles. The summed E-state index contributed by atoms with van der Waals surface area (Å²) < 4.78 is 45.3. The van der Waals surface area contributed by atoms with Gasteiger partial charge in [-0.2, -0.15) is 22.7 Å². The van der Waals surface area contributed by atoms with Crippen molar-refractivity contribution in [2.45, 2.75) is 20.0 Å². The molecule has 0 bridgehead atoms. The highest BCUT2D eigenvalue weighted by Crippen LogP contribution is 2.28. The molecule has 0 saturated carbocycles. The molecule has 1 N–H and O–H groups in total. The highest BCUT2D eigenvalue weighted by Gasteiger charge is 2.36. The van der Waals surface area contributed by atoms with E-state index in [1.807, 2.05) is 19.1 Å². The van der Waals surface area contributed by atoms with E-state index in [1.165, 1.54) is 0 Å². The predicted octanol–water partition coefficient (Wildman–Crippen LogP) is 2.74. The van der Waals surface area contributed by atoms with Crippen LogP contribution in [-0.4, -0.2) is 50.9 Å². The largest absolute Gasteiger partial charge is 0.453 e. The SMILES string of the molecule is Cc1cc(Nc2ccc(N3CCOCC3)nc2C)n2nc(C(F)(F)F)nc2n1. The maximum Gasteiger partial charge on any atom is 0.453 e. The number of ether oxygens (including phenoxy) is 1. The maximum atomic E-state index is 13.0. The highest BCUT2D eigenvalue weighted by atomic mass is 19.4. The first-order valence-corrected chi connectivity index (χ1v) is 8.70. The molecule has 0 unspecified atom stereocenters. The molecule has 4 rings (SSSR count). The van der Waals surface area contributed by atoms with Gasteiger partial charge >= 0.3 is 6.18 Å². The molecular formula is C17H18F3N7O. The molecule has 0 aliphatic carbocycles. The van der Waals surface area contributed by atoms with Crippen molar-refractivity contribution in [1.82, 2.24) is 24.6 Å². The van der Waals surface area contributed by atoms with Crippen molar-refractivity contribution in [3.05, 3.63) is 35.4 Å². The number of alkyl halides is 3. The Bertz CT molecular complexity index is 1010. The van der Waals surface area contributed by atoms with Gasteiger partial charge in [-0.15, -0.1) is 5.10 Å². The van der Waals surface area contributed by atoms with Gasteiger partial charge in [0.2, 0.25) is 0 Å². The highest BCUT2D eigenvalue weighted by molar-refractivity contribution is 5.63. The van der Waals surface area contributed by atoms with Crippen molar-refractivity contribution >= 4 is 23.1 Å². The predicted molar refractivity (Wildman–Crippen MR) is 95.8 cm³/mol. The van der Waals surface area contributed by atoms with Crippen molar-refractivity contribution in [2.24, 2.45) is 0 Å². The van der Waals surface area contributed by atoms with Crippen LogP contribution in [0.2, 0.25) is 0 Å². The van der Waals surface area contributed by atoms with Crippen LogP contribution < -0.4 is 10.2 Å². The number of aromatic nitrogens is 5. The standard InChI is InChI=1S/C17H18F3N7O/c1-10-9-14(27-16(21-10)24-15(25-27)17(18,19)20)23-12-3-4-13(22-11(12)2)26-5-7-28-8-6-26/h3-4,9,23H,5-8H2,1-2H3. The molecular weight excluding hydrogens is 375 g/mol. The molecule has 11 heteroatoms. The quantitative estimate of drug-likeness (QED) is 0.733. The second-order valence-corrected chi connectivity index (χ2v) is 6.45. The van der Waals surface area contributed by atoms with Crippen molar-refractivity contribution in [3.8, 4) is 0 Å². The van der Waals surface area contributed by atoms with Gasteiger partial charge in [-0.3, -0.25) is 0 Å². The molecule has 0 atom stereocenters. The summed E-state index contributed by atoms with van der Waals surface area (Å²) in [5, 5.41) is 6.65. The fourth-order valence-corrected chi connectivity index (χ4v) is 2.98. The number of nitrogens with one attached hydrogen (secondary N) is 1. The van der Waals surface area contributed by atoms with Crippen LogP contribution in [0.15, 0.2) is 18.2 Å². The van der Waals surface area contributed by atoms with Gasteiger partial charge in [-0.05, 0) is 26.0 Å². The summed E-state index contributed by atoms with van der Waals surface area (Å²) in [5.74, 6) is -0.187. The average Bonchev–Trinajstić information content (AvgIpc) is 3.08. The van der Waals surface area contributed by atoms with Crippen LogP contribution in [0.5, 0.6) is 0 Å². The third-order valence-corrected chi connectivity index (χ3v) is 4.36. The Labute approximate surface area is 158 Å². The Balaban J connectivity index is 1.67. The van der Waals surface area contributed by atoms with Crippen molar-refractivity contribution in [2.75, 3.05) is 36.5 Å². The van der Waals surface area contributed by atoms with Crippen molar-refractivity contribution in [3.63, 3.8) is 0 Å². The van der Waals surface area contributed by atoms with Crippen LogP contribution in [0.1, 0.15) is 17.2 Å². The zero-order chi connectivity index (χ0) is 19.9. The Morgan fingerprint density at radius 1 is 1.07 bits per heavy atom. The van der Waals surface area contributed by atoms with Gasteiger partial charge in [-0.1, -0.05) is 0 Å². The molecule has 28 heavy (non-hydrogen) atoms. The summed E-state index contributed by atoms with van der Waals surface area (Å²) in [4.78, 5) is 14.2. The minimum atomic E-state index is -4.64. The summed E-state index contributed by atoms with van der Waals surface area (Å²) in [7, 11) is 0. The van der Waals surface area contributed by atoms with Gasteiger partial charge in [0, 0.05) is 24.8 Å². The molecule has 1 fully saturated rings. The Morgan fingerprint density at radius 2 is 1.82 bits per heavy atom. The van der Waals surface area contributed by atoms with E-state index in [0.717, 1.165) is 23.4 Å². The van der Waals surface area contributed by atoms with Crippen LogP contribution in [0.4, 0.5) is 30.5 Å². The van der Waals surface area contributed by atoms with E-state index in [9.17, 15) is 13.2 Å². The van der Waals surface area contributed by atoms with E-state index < -0.39 is 12.0 Å². The summed E-state index contributed by atoms with van der Waals surface area (Å²) >= 11 is 0. The zero-order valence-electron chi connectivity index (χ0n) is 15.3. The fourth-order valence-electron chi connectivity index (χ4n) is 2.98. The van der Waals surface area contributed by atoms with E-state index in [2.05, 4.69) is 30.3 Å². The molecule has 0 radical (unpaired) electrons. The Morgan fingerprint density at radius 3 is 2.50 bits per heavy atom. The number of morpholine rings is 1. The maximum absolute atomic E-state index is 13.0. The summed E-state index contributed by atoms with van der Waals surface area (Å²) in [5.41, 5.74) is 1.89. The van der Waals surface area contributed by atoms with Gasteiger partial charge in [0.25, 0.3) is 11.6 Å². The smallest absolute Gasteiger partial charge is 0.378 e. The first-order chi connectivity index (χ1) is 13.3. The molecule has 8 nitrogen and oxygen atoms in total. The second-order valence-electron chi connectivity index (χ2n) is 6.45. The van der Waals surface area contributed by atoms with Crippen LogP contribution in [0.25, 0.3) is 5.78 Å². The lowest BCUT2D eigenvalue weighted by Crippen LogP contribution is -2.36. The van der Waals surface area contributed by atoms with E-state index in [-0.39, 0.29) is 5.78 Å². The third-order valence-electron chi connectivity index (χ3n) is 4.36. The first-order valence-electron chi connectivity index (χ1n) is 8.70. The van der Waals surface area contributed by atoms with E-state index in [1.54, 1.807) is 13.0 Å². The minimum absolute atomic E-state index is 0.120. The number of pyridine rings is 1. The normalized spacial score (nSPS) is 15.2. The molecule has 1 aliphatic rings. The number of anilines is 3. The van der Waals surface area contributed by atoms with Crippen molar-refractivity contribution in [1.29, 1.82) is 0 Å². The van der Waals surface area contributed by atoms with Gasteiger partial charge < -0.3 is 15.0 Å². The molecule has 3 aromatic heterocycles. The van der Waals surface area contributed by atoms with Crippen LogP contribution >= 0.6 is 0 Å². The molecule has 1 aliphatic heterocycles. The molecule has 3 aromatic rings. The molecule has 0 spiro atoms. The van der Waals surface area contributed by atoms with Gasteiger partial charge in [-0.25, -0.2) is 9.97 Å². The number of nitrogens with zero attached hydrogens (tertiary/aromatic N) is 6. The first kappa shape index (κ1) is 18.4. The van der Waals surface area contributed by atoms with Crippen molar-refractivity contribution < 1.29 is 17.9 Å². The van der Waals surface area contributed by atoms with Gasteiger partial charge in [0.15, 0.2) is 0 Å². The number of fused-ring (bicyclic) bond motifs is 1. The molecule has 148 valence electrons. The number of rotatable bonds is 3. The van der Waals surface area contributed by atoms with Gasteiger partial charge in [0.05, 0.1) is 24.6 Å². The topological polar surface area (TPSA) is 80.5 Å². The Hall–Kier alpha value is -2.95. The number of hydrogen-bond acceptors (Lipinski definition) is 7. The van der Waals surface area contributed by atoms with Crippen LogP contribution in [-0.2, 0) is 10.9 Å². The number of aryl methyl sites for hydroxylation is 2. The third kappa shape index (κ3) is 3.57. The van der Waals surface area contributed by atoms with Gasteiger partial charge in [0.1, 0.15) is 11.6 Å². The van der Waals surface area contributed by atoms with E-state index in [0.29, 0.717) is 36.1 Å². The van der Waals surface area contributed by atoms with Crippen LogP contribution in [0, 0.1) is 13.8 Å². The zero-order valence-corrected chi connectivity index (χ0v) is 15.3. The summed E-state index contributed by atoms with van der Waals surface area (Å²) in [6.07, 6.45) is -4.64. The number of hydrogen-bond donors (Lipinski definition) is 1. The molecule has 4 heterocycles. The van der Waals surface area contributed by atoms with Crippen LogP contribution in [0.3, 0.4) is 0 Å². The minimum Gasteiger partial charge on any atom is -0.378 e. The molecule has 1 saturated heterocycles. The monoisotopic (exact) mass is 393 g/mol.